The van der Waals surface area contributed by atoms with E-state index in [0.717, 1.165) is 22.6 Å². The van der Waals surface area contributed by atoms with E-state index in [2.05, 4.69) is 119 Å². The first-order valence-corrected chi connectivity index (χ1v) is 16.9. The standard InChI is InChI=1S/C26H28N2O2Si.C13H11B/c1-3-29-23-14-10-21(11-15-23)26(28-19-18-27-20-28,31-25-8-6-5-7-9-25)22-12-16-24(17-13-22)30-4-2;14-13(11-7-3-1-4-8-11)12-9-5-2-6-10-12/h5-20H,3-4,31H2,1-2H3;1-10,13H. The second-order valence-corrected chi connectivity index (χ2v) is 12.9. The molecule has 0 saturated carbocycles. The molecule has 0 spiro atoms. The Morgan fingerprint density at radius 3 is 1.49 bits per heavy atom. The molecule has 4 nitrogen and oxygen atoms in total. The Kier molecular flexibility index (Phi) is 11.1. The second-order valence-electron chi connectivity index (χ2n) is 10.7. The molecule has 0 unspecified atom stereocenters. The smallest absolute Gasteiger partial charge is 0.119 e. The van der Waals surface area contributed by atoms with Crippen molar-refractivity contribution in [2.24, 2.45) is 0 Å². The summed E-state index contributed by atoms with van der Waals surface area (Å²) in [6.45, 7) is 5.32. The molecular formula is C39H39BN2O2Si. The average molecular weight is 607 g/mol. The van der Waals surface area contributed by atoms with Gasteiger partial charge in [0.15, 0.2) is 0 Å². The summed E-state index contributed by atoms with van der Waals surface area (Å²) in [5, 5.41) is 1.06. The van der Waals surface area contributed by atoms with E-state index in [4.69, 9.17) is 17.3 Å². The molecule has 224 valence electrons. The van der Waals surface area contributed by atoms with Gasteiger partial charge in [-0.2, -0.15) is 0 Å². The van der Waals surface area contributed by atoms with Gasteiger partial charge in [-0.25, -0.2) is 4.98 Å². The van der Waals surface area contributed by atoms with Gasteiger partial charge >= 0.3 is 0 Å². The lowest BCUT2D eigenvalue weighted by Gasteiger charge is -2.37. The summed E-state index contributed by atoms with van der Waals surface area (Å²) in [7, 11) is 5.24. The summed E-state index contributed by atoms with van der Waals surface area (Å²) in [5.74, 6) is 1.76. The minimum atomic E-state index is -0.876. The quantitative estimate of drug-likeness (QED) is 0.151. The number of hydrogen-bond donors (Lipinski definition) is 0. The van der Waals surface area contributed by atoms with Crippen molar-refractivity contribution in [1.29, 1.82) is 0 Å². The van der Waals surface area contributed by atoms with Crippen LogP contribution in [0.2, 0.25) is 0 Å². The molecule has 6 rings (SSSR count). The highest BCUT2D eigenvalue weighted by atomic mass is 28.2. The van der Waals surface area contributed by atoms with Gasteiger partial charge in [0, 0.05) is 12.4 Å². The largest absolute Gasteiger partial charge is 0.494 e. The van der Waals surface area contributed by atoms with Crippen LogP contribution in [0, 0.1) is 0 Å². The molecule has 0 aliphatic carbocycles. The monoisotopic (exact) mass is 606 g/mol. The molecule has 45 heavy (non-hydrogen) atoms. The van der Waals surface area contributed by atoms with Crippen molar-refractivity contribution >= 4 is 22.6 Å². The Labute approximate surface area is 271 Å². The maximum absolute atomic E-state index is 6.12. The molecule has 6 heteroatoms. The van der Waals surface area contributed by atoms with E-state index in [1.54, 1.807) is 0 Å². The molecule has 5 aromatic carbocycles. The maximum Gasteiger partial charge on any atom is 0.119 e. The van der Waals surface area contributed by atoms with Gasteiger partial charge in [0.05, 0.1) is 42.1 Å². The fourth-order valence-corrected chi connectivity index (χ4v) is 7.98. The van der Waals surface area contributed by atoms with Gasteiger partial charge in [-0.1, -0.05) is 120 Å². The normalized spacial score (nSPS) is 11.3. The topological polar surface area (TPSA) is 36.3 Å². The summed E-state index contributed by atoms with van der Waals surface area (Å²) in [6.07, 6.45) is 5.86. The van der Waals surface area contributed by atoms with E-state index in [-0.39, 0.29) is 11.0 Å². The van der Waals surface area contributed by atoms with Crippen LogP contribution in [0.3, 0.4) is 0 Å². The number of ether oxygens (including phenoxy) is 2. The third-order valence-corrected chi connectivity index (χ3v) is 10.4. The molecule has 1 heterocycles. The SMILES string of the molecule is CCOc1ccc(C([SiH2]c2ccccc2)(c2ccc(OCC)cc2)n2ccnc2)cc1.[B]C(c1ccccc1)c1ccccc1. The highest BCUT2D eigenvalue weighted by molar-refractivity contribution is 6.57. The first kappa shape index (κ1) is 31.6. The lowest BCUT2D eigenvalue weighted by atomic mass is 9.76. The van der Waals surface area contributed by atoms with E-state index in [9.17, 15) is 0 Å². The lowest BCUT2D eigenvalue weighted by Crippen LogP contribution is -2.46. The highest BCUT2D eigenvalue weighted by Gasteiger charge is 2.37. The summed E-state index contributed by atoms with van der Waals surface area (Å²) >= 11 is 0. The van der Waals surface area contributed by atoms with E-state index < -0.39 is 9.52 Å². The van der Waals surface area contributed by atoms with Crippen LogP contribution in [-0.2, 0) is 5.16 Å². The molecule has 0 bridgehead atoms. The molecule has 6 aromatic rings. The molecule has 0 fully saturated rings. The van der Waals surface area contributed by atoms with Crippen molar-refractivity contribution in [3.05, 3.63) is 181 Å². The summed E-state index contributed by atoms with van der Waals surface area (Å²) < 4.78 is 13.7. The second kappa shape index (κ2) is 15.8. The number of nitrogens with zero attached hydrogens (tertiary/aromatic N) is 2. The predicted molar refractivity (Wildman–Crippen MR) is 189 cm³/mol. The molecular weight excluding hydrogens is 567 g/mol. The number of rotatable bonds is 11. The Bertz CT molecular complexity index is 1590. The molecule has 0 aliphatic heterocycles. The zero-order chi connectivity index (χ0) is 31.3. The minimum absolute atomic E-state index is 0.0163. The number of hydrogen-bond acceptors (Lipinski definition) is 3. The molecule has 0 N–H and O–H groups in total. The fraction of sp³-hybridized carbons (Fsp3) is 0.154. The van der Waals surface area contributed by atoms with Crippen LogP contribution in [0.1, 0.15) is 41.9 Å². The average Bonchev–Trinajstić information content (AvgIpc) is 3.65. The van der Waals surface area contributed by atoms with Crippen LogP contribution in [0.25, 0.3) is 0 Å². The van der Waals surface area contributed by atoms with E-state index >= 15 is 0 Å². The summed E-state index contributed by atoms with van der Waals surface area (Å²) in [5.41, 5.74) is 4.76. The number of aromatic nitrogens is 2. The van der Waals surface area contributed by atoms with Crippen LogP contribution in [0.15, 0.2) is 158 Å². The van der Waals surface area contributed by atoms with Gasteiger partial charge in [0.25, 0.3) is 0 Å². The molecule has 0 amide bonds. The summed E-state index contributed by atoms with van der Waals surface area (Å²) in [4.78, 5) is 4.41. The Morgan fingerprint density at radius 1 is 0.644 bits per heavy atom. The predicted octanol–water partition coefficient (Wildman–Crippen LogP) is 6.87. The summed E-state index contributed by atoms with van der Waals surface area (Å²) in [6, 6.07) is 48.1. The Morgan fingerprint density at radius 2 is 1.09 bits per heavy atom. The van der Waals surface area contributed by atoms with Gasteiger partial charge in [-0.3, -0.25) is 0 Å². The molecule has 0 atom stereocenters. The van der Waals surface area contributed by atoms with E-state index in [0.29, 0.717) is 13.2 Å². The first-order chi connectivity index (χ1) is 22.1. The molecule has 2 radical (unpaired) electrons. The van der Waals surface area contributed by atoms with Crippen molar-refractivity contribution < 1.29 is 9.47 Å². The van der Waals surface area contributed by atoms with Crippen molar-refractivity contribution in [3.63, 3.8) is 0 Å². The van der Waals surface area contributed by atoms with Crippen LogP contribution in [0.5, 0.6) is 11.5 Å². The van der Waals surface area contributed by atoms with E-state index in [1.165, 1.54) is 16.3 Å². The lowest BCUT2D eigenvalue weighted by molar-refractivity contribution is 0.340. The van der Waals surface area contributed by atoms with Gasteiger partial charge < -0.3 is 14.0 Å². The molecule has 0 aliphatic rings. The van der Waals surface area contributed by atoms with Gasteiger partial charge in [-0.15, -0.1) is 0 Å². The fourth-order valence-electron chi connectivity index (χ4n) is 5.64. The van der Waals surface area contributed by atoms with Crippen molar-refractivity contribution in [3.8, 4) is 11.5 Å². The highest BCUT2D eigenvalue weighted by Crippen LogP contribution is 2.35. The van der Waals surface area contributed by atoms with Crippen molar-refractivity contribution in [1.82, 2.24) is 9.55 Å². The van der Waals surface area contributed by atoms with Gasteiger partial charge in [-0.05, 0) is 66.2 Å². The van der Waals surface area contributed by atoms with Crippen LogP contribution >= 0.6 is 0 Å². The van der Waals surface area contributed by atoms with E-state index in [1.807, 2.05) is 62.8 Å². The Balaban J connectivity index is 0.000000238. The molecule has 0 saturated heterocycles. The zero-order valence-electron chi connectivity index (χ0n) is 26.0. The number of benzene rings is 5. The first-order valence-electron chi connectivity index (χ1n) is 15.5. The van der Waals surface area contributed by atoms with Crippen molar-refractivity contribution in [2.75, 3.05) is 13.2 Å². The third kappa shape index (κ3) is 7.83. The maximum atomic E-state index is 6.12. The zero-order valence-corrected chi connectivity index (χ0v) is 27.4. The van der Waals surface area contributed by atoms with Crippen LogP contribution < -0.4 is 14.7 Å². The Hall–Kier alpha value is -4.81. The van der Waals surface area contributed by atoms with Crippen molar-refractivity contribution in [2.45, 2.75) is 24.8 Å². The minimum Gasteiger partial charge on any atom is -0.494 e. The van der Waals surface area contributed by atoms with Crippen LogP contribution in [-0.4, -0.2) is 40.1 Å². The third-order valence-electron chi connectivity index (χ3n) is 7.85. The van der Waals surface area contributed by atoms with Gasteiger partial charge in [0.1, 0.15) is 11.5 Å². The molecule has 1 aromatic heterocycles. The van der Waals surface area contributed by atoms with Crippen LogP contribution in [0.4, 0.5) is 0 Å². The van der Waals surface area contributed by atoms with Gasteiger partial charge in [0.2, 0.25) is 0 Å². The number of imidazole rings is 1.